The monoisotopic (exact) mass is 816 g/mol. The molecule has 5 aliphatic rings. The van der Waals surface area contributed by atoms with Gasteiger partial charge in [0, 0.05) is 25.9 Å². The number of allylic oxidation sites excluding steroid dienone is 1. The van der Waals surface area contributed by atoms with E-state index >= 15 is 0 Å². The quantitative estimate of drug-likeness (QED) is 0.0540. The fraction of sp³-hybridized carbons (Fsp3) is 0.900. The standard InChI is InChI=1S/C40H69N2O11PS/c1-24(2)8-6-9-25(3)29-12-13-30-28-11-10-26-22-27(14-17-39(26,4)31(28)15-18-40(29,30)5)52-38(47)42-20-16-33(43)41-19-7-21-55-37-36(46)35(45)34(44)32(53-37)23-51-54(48,49)50/h10,24-25,27-32,34-37,44-46H,6-9,11-23H2,1-5H3,(H,41,43)(H,42,47)(H2,48,49,50)/t25-,27+,28+,29-,30+,31+,32-,34-,35+,36+,37+,39+,40-/m1/s1. The van der Waals surface area contributed by atoms with Gasteiger partial charge < -0.3 is 45.2 Å². The first-order valence-electron chi connectivity index (χ1n) is 20.8. The minimum Gasteiger partial charge on any atom is -0.446 e. The van der Waals surface area contributed by atoms with Crippen LogP contribution in [-0.4, -0.2) is 98.5 Å². The van der Waals surface area contributed by atoms with Crippen molar-refractivity contribution in [1.29, 1.82) is 0 Å². The molecule has 0 aromatic rings. The molecule has 0 radical (unpaired) electrons. The van der Waals surface area contributed by atoms with Crippen molar-refractivity contribution in [2.75, 3.05) is 25.4 Å². The second-order valence-corrected chi connectivity index (χ2v) is 20.6. The minimum atomic E-state index is -4.81. The van der Waals surface area contributed by atoms with Gasteiger partial charge in [-0.3, -0.25) is 9.32 Å². The van der Waals surface area contributed by atoms with Gasteiger partial charge in [0.2, 0.25) is 5.91 Å². The SMILES string of the molecule is CC(C)CCC[C@@H](C)[C@H]1CC[C@H]2[C@@H]3CC=C4C[C@@H](OC(=O)NCCC(=O)NCCCS[C@@H]5O[C@H](COP(=O)(O)O)[C@@H](O)[C@H](O)[C@@H]5O)CC[C@]4(C)[C@H]3CC[C@]12C. The van der Waals surface area contributed by atoms with Crippen LogP contribution >= 0.6 is 19.6 Å². The maximum absolute atomic E-state index is 12.7. The second kappa shape index (κ2) is 19.2. The Bertz CT molecular complexity index is 1380. The number of hydrogen-bond donors (Lipinski definition) is 7. The Kier molecular flexibility index (Phi) is 15.7. The van der Waals surface area contributed by atoms with Gasteiger partial charge in [-0.1, -0.05) is 65.5 Å². The molecule has 7 N–H and O–H groups in total. The zero-order chi connectivity index (χ0) is 40.1. The summed E-state index contributed by atoms with van der Waals surface area (Å²) >= 11 is 1.14. The summed E-state index contributed by atoms with van der Waals surface area (Å²) in [6, 6.07) is 0. The van der Waals surface area contributed by atoms with Gasteiger partial charge in [0.1, 0.15) is 36.0 Å². The molecule has 13 nitrogen and oxygen atoms in total. The summed E-state index contributed by atoms with van der Waals surface area (Å²) < 4.78 is 26.8. The van der Waals surface area contributed by atoms with Crippen LogP contribution < -0.4 is 10.6 Å². The van der Waals surface area contributed by atoms with Gasteiger partial charge in [-0.15, -0.1) is 11.8 Å². The van der Waals surface area contributed by atoms with Crippen LogP contribution in [-0.2, 0) is 23.4 Å². The molecule has 0 unspecified atom stereocenters. The lowest BCUT2D eigenvalue weighted by Gasteiger charge is -2.58. The van der Waals surface area contributed by atoms with E-state index in [9.17, 15) is 29.5 Å². The van der Waals surface area contributed by atoms with E-state index in [2.05, 4.69) is 55.9 Å². The molecule has 15 heteroatoms. The molecule has 316 valence electrons. The summed E-state index contributed by atoms with van der Waals surface area (Å²) in [4.78, 5) is 43.0. The average Bonchev–Trinajstić information content (AvgIpc) is 3.47. The molecular weight excluding hydrogens is 747 g/mol. The third-order valence-electron chi connectivity index (χ3n) is 14.2. The fourth-order valence-electron chi connectivity index (χ4n) is 11.2. The number of thioether (sulfide) groups is 1. The summed E-state index contributed by atoms with van der Waals surface area (Å²) in [7, 11) is -4.81. The molecule has 13 atom stereocenters. The maximum Gasteiger partial charge on any atom is 0.469 e. The summed E-state index contributed by atoms with van der Waals surface area (Å²) in [6.45, 7) is 12.1. The summed E-state index contributed by atoms with van der Waals surface area (Å²) in [5, 5.41) is 36.0. The Morgan fingerprint density at radius 3 is 2.45 bits per heavy atom. The van der Waals surface area contributed by atoms with Crippen molar-refractivity contribution < 1.29 is 53.3 Å². The molecule has 1 saturated heterocycles. The lowest BCUT2D eigenvalue weighted by atomic mass is 9.47. The fourth-order valence-corrected chi connectivity index (χ4v) is 12.6. The number of nitrogens with one attached hydrogen (secondary N) is 2. The Morgan fingerprint density at radius 1 is 0.964 bits per heavy atom. The van der Waals surface area contributed by atoms with Crippen LogP contribution in [0.1, 0.15) is 118 Å². The Labute approximate surface area is 332 Å². The summed E-state index contributed by atoms with van der Waals surface area (Å²) in [6.07, 6.45) is 9.89. The number of phosphoric ester groups is 1. The average molecular weight is 817 g/mol. The van der Waals surface area contributed by atoms with Crippen LogP contribution in [0.5, 0.6) is 0 Å². The highest BCUT2D eigenvalue weighted by Gasteiger charge is 2.59. The number of alkyl carbamates (subject to hydrolysis) is 1. The number of carbonyl (C=O) groups excluding carboxylic acids is 2. The first kappa shape index (κ1) is 44.9. The number of carbonyl (C=O) groups is 2. The normalized spacial score (nSPS) is 38.0. The van der Waals surface area contributed by atoms with Crippen LogP contribution in [0.2, 0.25) is 0 Å². The molecule has 1 heterocycles. The van der Waals surface area contributed by atoms with E-state index in [1.54, 1.807) is 0 Å². The van der Waals surface area contributed by atoms with Crippen LogP contribution in [0, 0.1) is 46.3 Å². The van der Waals surface area contributed by atoms with Gasteiger partial charge in [0.05, 0.1) is 6.61 Å². The molecule has 3 saturated carbocycles. The summed E-state index contributed by atoms with van der Waals surface area (Å²) in [5.41, 5.74) is 1.14. The molecular formula is C40H69N2O11PS. The summed E-state index contributed by atoms with van der Waals surface area (Å²) in [5.74, 6) is 4.89. The third kappa shape index (κ3) is 11.1. The van der Waals surface area contributed by atoms with Crippen molar-refractivity contribution in [1.82, 2.24) is 10.6 Å². The van der Waals surface area contributed by atoms with Crippen molar-refractivity contribution in [3.8, 4) is 0 Å². The maximum atomic E-state index is 12.7. The van der Waals surface area contributed by atoms with Crippen molar-refractivity contribution in [2.24, 2.45) is 46.3 Å². The minimum absolute atomic E-state index is 0.0899. The Balaban J connectivity index is 0.983. The Hall–Kier alpha value is -1.22. The number of ether oxygens (including phenoxy) is 2. The predicted molar refractivity (Wildman–Crippen MR) is 211 cm³/mol. The van der Waals surface area contributed by atoms with Crippen molar-refractivity contribution in [3.63, 3.8) is 0 Å². The number of rotatable bonds is 17. The predicted octanol–water partition coefficient (Wildman–Crippen LogP) is 5.67. The second-order valence-electron chi connectivity index (χ2n) is 18.1. The van der Waals surface area contributed by atoms with E-state index in [1.807, 2.05) is 0 Å². The first-order chi connectivity index (χ1) is 25.9. The van der Waals surface area contributed by atoms with E-state index in [1.165, 1.54) is 50.5 Å². The van der Waals surface area contributed by atoms with E-state index in [-0.39, 0.29) is 30.4 Å². The molecule has 0 aromatic heterocycles. The number of fused-ring (bicyclic) bond motifs is 5. The Morgan fingerprint density at radius 2 is 1.73 bits per heavy atom. The van der Waals surface area contributed by atoms with E-state index in [0.717, 1.165) is 67.0 Å². The largest absolute Gasteiger partial charge is 0.469 e. The molecule has 0 bridgehead atoms. The highest BCUT2D eigenvalue weighted by atomic mass is 32.2. The number of aliphatic hydroxyl groups is 3. The number of hydrogen-bond acceptors (Lipinski definition) is 10. The lowest BCUT2D eigenvalue weighted by Crippen LogP contribution is -2.57. The van der Waals surface area contributed by atoms with Gasteiger partial charge in [-0.05, 0) is 103 Å². The van der Waals surface area contributed by atoms with E-state index in [0.29, 0.717) is 30.1 Å². The van der Waals surface area contributed by atoms with Crippen molar-refractivity contribution >= 4 is 31.6 Å². The highest BCUT2D eigenvalue weighted by molar-refractivity contribution is 7.99. The first-order valence-corrected chi connectivity index (χ1v) is 23.4. The van der Waals surface area contributed by atoms with Crippen LogP contribution in [0.4, 0.5) is 4.79 Å². The molecule has 55 heavy (non-hydrogen) atoms. The number of aliphatic hydroxyl groups excluding tert-OH is 3. The van der Waals surface area contributed by atoms with E-state index in [4.69, 9.17) is 19.3 Å². The zero-order valence-corrected chi connectivity index (χ0v) is 35.3. The smallest absolute Gasteiger partial charge is 0.446 e. The third-order valence-corrected chi connectivity index (χ3v) is 15.9. The van der Waals surface area contributed by atoms with Crippen LogP contribution in [0.15, 0.2) is 11.6 Å². The van der Waals surface area contributed by atoms with Crippen LogP contribution in [0.25, 0.3) is 0 Å². The molecule has 4 aliphatic carbocycles. The van der Waals surface area contributed by atoms with Gasteiger partial charge in [-0.25, -0.2) is 9.36 Å². The van der Waals surface area contributed by atoms with Crippen LogP contribution in [0.3, 0.4) is 0 Å². The lowest BCUT2D eigenvalue weighted by molar-refractivity contribution is -0.204. The zero-order valence-electron chi connectivity index (χ0n) is 33.6. The molecule has 4 fully saturated rings. The van der Waals surface area contributed by atoms with E-state index < -0.39 is 50.4 Å². The topological polar surface area (TPSA) is 204 Å². The highest BCUT2D eigenvalue weighted by Crippen LogP contribution is 2.67. The van der Waals surface area contributed by atoms with Gasteiger partial charge >= 0.3 is 13.9 Å². The van der Waals surface area contributed by atoms with Crippen molar-refractivity contribution in [3.05, 3.63) is 11.6 Å². The number of amides is 2. The molecule has 0 spiro atoms. The van der Waals surface area contributed by atoms with Gasteiger partial charge in [-0.2, -0.15) is 0 Å². The van der Waals surface area contributed by atoms with Gasteiger partial charge in [0.25, 0.3) is 0 Å². The molecule has 5 rings (SSSR count). The number of phosphoric acid groups is 1. The van der Waals surface area contributed by atoms with Gasteiger partial charge in [0.15, 0.2) is 0 Å². The molecule has 1 aliphatic heterocycles. The molecule has 2 amide bonds. The van der Waals surface area contributed by atoms with Crippen molar-refractivity contribution in [2.45, 2.75) is 154 Å². The molecule has 0 aromatic carbocycles.